The van der Waals surface area contributed by atoms with Gasteiger partial charge < -0.3 is 10.1 Å². The van der Waals surface area contributed by atoms with Crippen LogP contribution in [0.5, 0.6) is 5.88 Å². The third-order valence-electron chi connectivity index (χ3n) is 2.86. The van der Waals surface area contributed by atoms with Gasteiger partial charge in [-0.05, 0) is 43.7 Å². The van der Waals surface area contributed by atoms with Crippen molar-refractivity contribution in [2.45, 2.75) is 19.4 Å². The molecule has 1 N–H and O–H groups in total. The van der Waals surface area contributed by atoms with Crippen molar-refractivity contribution in [3.63, 3.8) is 0 Å². The number of aromatic nitrogens is 2. The van der Waals surface area contributed by atoms with Crippen molar-refractivity contribution in [3.05, 3.63) is 53.7 Å². The predicted molar refractivity (Wildman–Crippen MR) is 75.0 cm³/mol. The Morgan fingerprint density at radius 2 is 2.10 bits per heavy atom. The molecule has 0 spiro atoms. The van der Waals surface area contributed by atoms with E-state index in [0.29, 0.717) is 19.0 Å². The molecule has 0 unspecified atom stereocenters. The van der Waals surface area contributed by atoms with Crippen LogP contribution in [0.2, 0.25) is 0 Å². The summed E-state index contributed by atoms with van der Waals surface area (Å²) < 4.78 is 18.8. The summed E-state index contributed by atoms with van der Waals surface area (Å²) in [4.78, 5) is 7.97. The zero-order valence-corrected chi connectivity index (χ0v) is 11.5. The van der Waals surface area contributed by atoms with Gasteiger partial charge in [0.2, 0.25) is 5.88 Å². The second kappa shape index (κ2) is 7.55. The molecular formula is C15H18FN3O. The van der Waals surface area contributed by atoms with E-state index in [0.717, 1.165) is 18.4 Å². The quantitative estimate of drug-likeness (QED) is 0.788. The molecule has 4 nitrogen and oxygen atoms in total. The number of nitrogens with one attached hydrogen (secondary N) is 1. The molecule has 2 aromatic rings. The molecule has 0 saturated carbocycles. The highest BCUT2D eigenvalue weighted by molar-refractivity contribution is 5.26. The highest BCUT2D eigenvalue weighted by atomic mass is 19.1. The fourth-order valence-corrected chi connectivity index (χ4v) is 1.91. The molecule has 5 heteroatoms. The first-order valence-corrected chi connectivity index (χ1v) is 6.60. The van der Waals surface area contributed by atoms with E-state index < -0.39 is 0 Å². The Hall–Kier alpha value is -2.01. The lowest BCUT2D eigenvalue weighted by Gasteiger charge is -2.10. The van der Waals surface area contributed by atoms with Gasteiger partial charge in [-0.1, -0.05) is 0 Å². The number of halogens is 1. The van der Waals surface area contributed by atoms with Crippen LogP contribution in [0.4, 0.5) is 4.39 Å². The Bertz CT molecular complexity index is 534. The van der Waals surface area contributed by atoms with Crippen LogP contribution < -0.4 is 10.1 Å². The third kappa shape index (κ3) is 4.28. The second-order valence-electron chi connectivity index (χ2n) is 4.46. The summed E-state index contributed by atoms with van der Waals surface area (Å²) in [7, 11) is 1.80. The lowest BCUT2D eigenvalue weighted by Crippen LogP contribution is -2.10. The summed E-state index contributed by atoms with van der Waals surface area (Å²) in [5, 5.41) is 2.97. The topological polar surface area (TPSA) is 47.0 Å². The van der Waals surface area contributed by atoms with E-state index in [1.54, 1.807) is 19.4 Å². The third-order valence-corrected chi connectivity index (χ3v) is 2.86. The van der Waals surface area contributed by atoms with E-state index in [9.17, 15) is 4.39 Å². The fourth-order valence-electron chi connectivity index (χ4n) is 1.91. The van der Waals surface area contributed by atoms with Crippen molar-refractivity contribution in [2.75, 3.05) is 13.7 Å². The summed E-state index contributed by atoms with van der Waals surface area (Å²) >= 11 is 0. The first-order chi connectivity index (χ1) is 9.79. The molecule has 0 atom stereocenters. The number of nitrogens with zero attached hydrogens (tertiary/aromatic N) is 2. The Morgan fingerprint density at radius 3 is 2.85 bits per heavy atom. The van der Waals surface area contributed by atoms with Gasteiger partial charge in [-0.3, -0.25) is 4.98 Å². The first kappa shape index (κ1) is 14.4. The van der Waals surface area contributed by atoms with E-state index in [-0.39, 0.29) is 5.82 Å². The molecule has 0 saturated heterocycles. The van der Waals surface area contributed by atoms with Crippen LogP contribution in [0.1, 0.15) is 17.5 Å². The second-order valence-corrected chi connectivity index (χ2v) is 4.46. The molecule has 0 radical (unpaired) electrons. The van der Waals surface area contributed by atoms with Crippen LogP contribution in [0.15, 0.2) is 36.8 Å². The maximum Gasteiger partial charge on any atom is 0.218 e. The fraction of sp³-hybridized carbons (Fsp3) is 0.333. The summed E-state index contributed by atoms with van der Waals surface area (Å²) in [6, 6.07) is 5.42. The molecule has 0 aromatic carbocycles. The van der Waals surface area contributed by atoms with Crippen molar-refractivity contribution in [1.82, 2.24) is 15.3 Å². The van der Waals surface area contributed by atoms with Crippen molar-refractivity contribution in [1.29, 1.82) is 0 Å². The number of pyridine rings is 2. The van der Waals surface area contributed by atoms with Gasteiger partial charge >= 0.3 is 0 Å². The Labute approximate surface area is 118 Å². The lowest BCUT2D eigenvalue weighted by molar-refractivity contribution is 0.294. The maximum absolute atomic E-state index is 13.1. The van der Waals surface area contributed by atoms with Gasteiger partial charge in [0.15, 0.2) is 0 Å². The van der Waals surface area contributed by atoms with E-state index in [2.05, 4.69) is 15.3 Å². The molecule has 0 aliphatic rings. The van der Waals surface area contributed by atoms with Crippen LogP contribution in [0.3, 0.4) is 0 Å². The number of aryl methyl sites for hydroxylation is 1. The number of hydrogen-bond acceptors (Lipinski definition) is 4. The van der Waals surface area contributed by atoms with Crippen LogP contribution in [-0.4, -0.2) is 23.6 Å². The van der Waals surface area contributed by atoms with Gasteiger partial charge in [0.25, 0.3) is 0 Å². The van der Waals surface area contributed by atoms with Gasteiger partial charge in [-0.25, -0.2) is 9.37 Å². The SMILES string of the molecule is CNCc1cc(F)cnc1OCCCc1ccncc1. The van der Waals surface area contributed by atoms with Crippen LogP contribution in [0, 0.1) is 5.82 Å². The maximum atomic E-state index is 13.1. The monoisotopic (exact) mass is 275 g/mol. The first-order valence-electron chi connectivity index (χ1n) is 6.60. The molecule has 106 valence electrons. The molecule has 0 aliphatic carbocycles. The van der Waals surface area contributed by atoms with E-state index >= 15 is 0 Å². The summed E-state index contributed by atoms with van der Waals surface area (Å²) in [5.41, 5.74) is 1.96. The lowest BCUT2D eigenvalue weighted by atomic mass is 10.1. The van der Waals surface area contributed by atoms with Crippen molar-refractivity contribution in [3.8, 4) is 5.88 Å². The Balaban J connectivity index is 1.84. The van der Waals surface area contributed by atoms with E-state index in [1.807, 2.05) is 12.1 Å². The normalized spacial score (nSPS) is 10.5. The van der Waals surface area contributed by atoms with Crippen molar-refractivity contribution in [2.24, 2.45) is 0 Å². The van der Waals surface area contributed by atoms with Crippen LogP contribution >= 0.6 is 0 Å². The molecule has 2 rings (SSSR count). The predicted octanol–water partition coefficient (Wildman–Crippen LogP) is 2.35. The number of hydrogen-bond donors (Lipinski definition) is 1. The molecule has 0 aliphatic heterocycles. The molecule has 0 bridgehead atoms. The van der Waals surface area contributed by atoms with Crippen LogP contribution in [0.25, 0.3) is 0 Å². The highest BCUT2D eigenvalue weighted by Crippen LogP contribution is 2.16. The van der Waals surface area contributed by atoms with Gasteiger partial charge in [-0.15, -0.1) is 0 Å². The molecule has 2 aromatic heterocycles. The van der Waals surface area contributed by atoms with Crippen LogP contribution in [-0.2, 0) is 13.0 Å². The van der Waals surface area contributed by atoms with Crippen molar-refractivity contribution >= 4 is 0 Å². The molecule has 20 heavy (non-hydrogen) atoms. The Kier molecular flexibility index (Phi) is 5.43. The minimum atomic E-state index is -0.348. The standard InChI is InChI=1S/C15H18FN3O/c1-17-10-13-9-14(16)11-19-15(13)20-8-2-3-12-4-6-18-7-5-12/h4-7,9,11,17H,2-3,8,10H2,1H3. The van der Waals surface area contributed by atoms with Gasteiger partial charge in [0, 0.05) is 24.5 Å². The van der Waals surface area contributed by atoms with E-state index in [1.165, 1.54) is 17.8 Å². The average Bonchev–Trinajstić information content (AvgIpc) is 2.47. The summed E-state index contributed by atoms with van der Waals surface area (Å²) in [6.45, 7) is 1.09. The van der Waals surface area contributed by atoms with Crippen molar-refractivity contribution < 1.29 is 9.13 Å². The molecule has 0 fully saturated rings. The van der Waals surface area contributed by atoms with Gasteiger partial charge in [0.05, 0.1) is 12.8 Å². The zero-order chi connectivity index (χ0) is 14.2. The molecule has 2 heterocycles. The zero-order valence-electron chi connectivity index (χ0n) is 11.5. The van der Waals surface area contributed by atoms with Gasteiger partial charge in [0.1, 0.15) is 5.82 Å². The minimum Gasteiger partial charge on any atom is -0.477 e. The largest absolute Gasteiger partial charge is 0.477 e. The average molecular weight is 275 g/mol. The van der Waals surface area contributed by atoms with Gasteiger partial charge in [-0.2, -0.15) is 0 Å². The summed E-state index contributed by atoms with van der Waals surface area (Å²) in [5.74, 6) is 0.148. The number of ether oxygens (including phenoxy) is 1. The minimum absolute atomic E-state index is 0.348. The summed E-state index contributed by atoms with van der Waals surface area (Å²) in [6.07, 6.45) is 6.54. The molecule has 0 amide bonds. The Morgan fingerprint density at radius 1 is 1.30 bits per heavy atom. The molecular weight excluding hydrogens is 257 g/mol. The number of rotatable bonds is 7. The highest BCUT2D eigenvalue weighted by Gasteiger charge is 2.06. The van der Waals surface area contributed by atoms with E-state index in [4.69, 9.17) is 4.74 Å². The smallest absolute Gasteiger partial charge is 0.218 e.